The fourth-order valence-corrected chi connectivity index (χ4v) is 10.2. The minimum atomic E-state index is -1.29. The zero-order chi connectivity index (χ0) is 53.0. The van der Waals surface area contributed by atoms with Crippen LogP contribution in [0.15, 0.2) is 48.6 Å². The summed E-state index contributed by atoms with van der Waals surface area (Å²) in [5, 5.41) is 44.1. The Morgan fingerprint density at radius 1 is 0.342 bits per heavy atom. The molecule has 1 amide bonds. The van der Waals surface area contributed by atoms with Crippen LogP contribution in [0.25, 0.3) is 0 Å². The smallest absolute Gasteiger partial charge is 0.249 e. The van der Waals surface area contributed by atoms with E-state index in [1.54, 1.807) is 0 Å². The Hall–Kier alpha value is -1.73. The first-order chi connectivity index (χ1) is 36.0. The van der Waals surface area contributed by atoms with Gasteiger partial charge in [0.1, 0.15) is 12.2 Å². The summed E-state index contributed by atoms with van der Waals surface area (Å²) in [6.07, 6.45) is 79.3. The highest BCUT2D eigenvalue weighted by atomic mass is 16.3. The van der Waals surface area contributed by atoms with Crippen molar-refractivity contribution >= 4 is 5.91 Å². The summed E-state index contributed by atoms with van der Waals surface area (Å²) in [6.45, 7) is 4.08. The molecule has 0 rings (SSSR count). The van der Waals surface area contributed by atoms with Crippen LogP contribution >= 0.6 is 0 Å². The van der Waals surface area contributed by atoms with E-state index < -0.39 is 36.9 Å². The Kier molecular flexibility index (Phi) is 59.7. The van der Waals surface area contributed by atoms with Crippen LogP contribution in [-0.4, -0.2) is 57.3 Å². The molecule has 0 heterocycles. The molecule has 73 heavy (non-hydrogen) atoms. The summed E-state index contributed by atoms with van der Waals surface area (Å²) >= 11 is 0. The zero-order valence-electron chi connectivity index (χ0n) is 48.9. The van der Waals surface area contributed by atoms with E-state index in [4.69, 9.17) is 0 Å². The van der Waals surface area contributed by atoms with Crippen molar-refractivity contribution in [1.29, 1.82) is 0 Å². The first-order valence-electron chi connectivity index (χ1n) is 32.5. The number of rotatable bonds is 60. The lowest BCUT2D eigenvalue weighted by Gasteiger charge is -2.27. The molecule has 0 aliphatic carbocycles. The number of allylic oxidation sites excluding steroid dienone is 8. The highest BCUT2D eigenvalue weighted by Crippen LogP contribution is 2.18. The number of amides is 1. The third-order valence-electron chi connectivity index (χ3n) is 15.2. The molecule has 0 aromatic carbocycles. The fourth-order valence-electron chi connectivity index (χ4n) is 10.2. The summed E-state index contributed by atoms with van der Waals surface area (Å²) < 4.78 is 0. The van der Waals surface area contributed by atoms with Crippen molar-refractivity contribution < 1.29 is 25.2 Å². The summed E-state index contributed by atoms with van der Waals surface area (Å²) in [5.41, 5.74) is 0. The molecule has 0 spiro atoms. The molecule has 430 valence electrons. The van der Waals surface area contributed by atoms with E-state index in [1.807, 2.05) is 0 Å². The van der Waals surface area contributed by atoms with Gasteiger partial charge >= 0.3 is 0 Å². The van der Waals surface area contributed by atoms with E-state index >= 15 is 0 Å². The number of aliphatic hydroxyl groups is 4. The van der Waals surface area contributed by atoms with Crippen molar-refractivity contribution in [2.24, 2.45) is 0 Å². The molecule has 0 aromatic heterocycles. The maximum atomic E-state index is 12.6. The number of aliphatic hydroxyl groups excluding tert-OH is 4. The first kappa shape index (κ1) is 71.3. The maximum Gasteiger partial charge on any atom is 0.249 e. The largest absolute Gasteiger partial charge is 0.394 e. The molecule has 6 heteroatoms. The van der Waals surface area contributed by atoms with Crippen LogP contribution in [-0.2, 0) is 4.79 Å². The zero-order valence-corrected chi connectivity index (χ0v) is 48.9. The van der Waals surface area contributed by atoms with Crippen LogP contribution in [0, 0.1) is 0 Å². The van der Waals surface area contributed by atoms with Gasteiger partial charge in [-0.1, -0.05) is 306 Å². The Labute approximate surface area is 455 Å². The summed E-state index contributed by atoms with van der Waals surface area (Å²) in [7, 11) is 0. The van der Waals surface area contributed by atoms with Crippen molar-refractivity contribution in [2.45, 2.75) is 366 Å². The van der Waals surface area contributed by atoms with Crippen LogP contribution in [0.3, 0.4) is 0 Å². The number of hydrogen-bond acceptors (Lipinski definition) is 5. The van der Waals surface area contributed by atoms with Gasteiger partial charge in [0.05, 0.1) is 18.8 Å². The Bertz CT molecular complexity index is 1200. The van der Waals surface area contributed by atoms with Gasteiger partial charge in [0.15, 0.2) is 0 Å². The molecule has 4 atom stereocenters. The molecule has 0 radical (unpaired) electrons. The average Bonchev–Trinajstić information content (AvgIpc) is 3.40. The van der Waals surface area contributed by atoms with Crippen molar-refractivity contribution in [3.05, 3.63) is 48.6 Å². The molecule has 0 aliphatic rings. The Morgan fingerprint density at radius 3 is 0.945 bits per heavy atom. The predicted octanol–water partition coefficient (Wildman–Crippen LogP) is 19.7. The van der Waals surface area contributed by atoms with Gasteiger partial charge in [0, 0.05) is 0 Å². The SMILES string of the molecule is CCCCCCCCCCC/C=C\C/C=C\CCCCCCCCCCCCCCC(O)C(=O)NC(CO)C(O)C(O)CCC/C=C/CC/C=C/CCCCCCCCCCCCCCCCCCCCCC. The second-order valence-corrected chi connectivity index (χ2v) is 22.4. The molecule has 0 saturated carbocycles. The van der Waals surface area contributed by atoms with Gasteiger partial charge in [0.25, 0.3) is 0 Å². The average molecular weight is 1030 g/mol. The molecule has 4 unspecified atom stereocenters. The van der Waals surface area contributed by atoms with Gasteiger partial charge in [-0.15, -0.1) is 0 Å². The molecule has 0 aliphatic heterocycles. The van der Waals surface area contributed by atoms with Gasteiger partial charge in [-0.05, 0) is 83.5 Å². The lowest BCUT2D eigenvalue weighted by molar-refractivity contribution is -0.132. The molecular weight excluding hydrogens is 899 g/mol. The lowest BCUT2D eigenvalue weighted by Crippen LogP contribution is -2.53. The highest BCUT2D eigenvalue weighted by molar-refractivity contribution is 5.80. The normalized spacial score (nSPS) is 13.9. The Balaban J connectivity index is 3.64. The van der Waals surface area contributed by atoms with E-state index in [9.17, 15) is 25.2 Å². The standard InChI is InChI=1S/C67H127NO5/c1-3-5-7-9-11-13-15-17-19-21-23-25-27-29-31-33-35-36-38-40-42-44-46-48-50-52-54-56-58-60-64(70)66(72)63(62-69)68-67(73)65(71)61-59-57-55-53-51-49-47-45-43-41-39-37-34-32-30-28-26-24-22-20-18-16-14-12-10-8-6-4-2/h24,26,30,32,44,46,52,54,63-66,69-72H,3-23,25,27-29,31,33-43,45,47-51,53,55-62H2,1-2H3,(H,68,73)/b26-24-,32-30-,46-44+,54-52+. The molecule has 5 N–H and O–H groups in total. The second-order valence-electron chi connectivity index (χ2n) is 22.4. The monoisotopic (exact) mass is 1030 g/mol. The summed E-state index contributed by atoms with van der Waals surface area (Å²) in [5.74, 6) is -0.595. The third-order valence-corrected chi connectivity index (χ3v) is 15.2. The molecule has 0 saturated heterocycles. The summed E-state index contributed by atoms with van der Waals surface area (Å²) in [4.78, 5) is 12.6. The van der Waals surface area contributed by atoms with E-state index in [-0.39, 0.29) is 0 Å². The van der Waals surface area contributed by atoms with Crippen molar-refractivity contribution in [3.63, 3.8) is 0 Å². The van der Waals surface area contributed by atoms with Crippen LogP contribution in [0.5, 0.6) is 0 Å². The predicted molar refractivity (Wildman–Crippen MR) is 320 cm³/mol. The van der Waals surface area contributed by atoms with Crippen LogP contribution in [0.4, 0.5) is 0 Å². The molecule has 6 nitrogen and oxygen atoms in total. The van der Waals surface area contributed by atoms with E-state index in [2.05, 4.69) is 67.8 Å². The highest BCUT2D eigenvalue weighted by Gasteiger charge is 2.28. The van der Waals surface area contributed by atoms with Crippen molar-refractivity contribution in [3.8, 4) is 0 Å². The third kappa shape index (κ3) is 54.9. The quantitative estimate of drug-likeness (QED) is 0.0308. The lowest BCUT2D eigenvalue weighted by atomic mass is 10.00. The number of hydrogen-bond donors (Lipinski definition) is 5. The fraction of sp³-hybridized carbons (Fsp3) is 0.866. The van der Waals surface area contributed by atoms with Crippen molar-refractivity contribution in [2.75, 3.05) is 6.61 Å². The number of carbonyl (C=O) groups is 1. The molecule has 0 aromatic rings. The number of nitrogens with one attached hydrogen (secondary N) is 1. The maximum absolute atomic E-state index is 12.6. The van der Waals surface area contributed by atoms with Gasteiger partial charge in [-0.25, -0.2) is 0 Å². The van der Waals surface area contributed by atoms with E-state index in [1.165, 1.54) is 263 Å². The van der Waals surface area contributed by atoms with Crippen LogP contribution in [0.1, 0.15) is 341 Å². The van der Waals surface area contributed by atoms with Crippen LogP contribution < -0.4 is 5.32 Å². The van der Waals surface area contributed by atoms with Gasteiger partial charge in [0.2, 0.25) is 5.91 Å². The van der Waals surface area contributed by atoms with Gasteiger partial charge in [-0.3, -0.25) is 4.79 Å². The first-order valence-corrected chi connectivity index (χ1v) is 32.5. The van der Waals surface area contributed by atoms with Crippen LogP contribution in [0.2, 0.25) is 0 Å². The number of unbranched alkanes of at least 4 members (excludes halogenated alkanes) is 43. The minimum absolute atomic E-state index is 0.358. The molecular formula is C67H127NO5. The molecule has 0 fully saturated rings. The van der Waals surface area contributed by atoms with Crippen molar-refractivity contribution in [1.82, 2.24) is 5.32 Å². The Morgan fingerprint density at radius 2 is 0.616 bits per heavy atom. The number of carbonyl (C=O) groups excluding carboxylic acids is 1. The molecule has 0 bridgehead atoms. The second kappa shape index (κ2) is 61.1. The minimum Gasteiger partial charge on any atom is -0.394 e. The summed E-state index contributed by atoms with van der Waals surface area (Å²) in [6, 6.07) is -1.01. The van der Waals surface area contributed by atoms with E-state index in [0.29, 0.717) is 19.3 Å². The van der Waals surface area contributed by atoms with E-state index in [0.717, 1.165) is 44.9 Å². The van der Waals surface area contributed by atoms with Gasteiger partial charge < -0.3 is 25.7 Å². The van der Waals surface area contributed by atoms with Gasteiger partial charge in [-0.2, -0.15) is 0 Å². The topological polar surface area (TPSA) is 110 Å².